The van der Waals surface area contributed by atoms with E-state index in [1.807, 2.05) is 23.1 Å². The van der Waals surface area contributed by atoms with E-state index in [9.17, 15) is 9.00 Å². The lowest BCUT2D eigenvalue weighted by Crippen LogP contribution is -2.55. The Morgan fingerprint density at radius 2 is 1.84 bits per heavy atom. The van der Waals surface area contributed by atoms with Crippen LogP contribution in [0.2, 0.25) is 10.0 Å². The van der Waals surface area contributed by atoms with Crippen LogP contribution in [0.5, 0.6) is 0 Å². The highest BCUT2D eigenvalue weighted by Crippen LogP contribution is 2.47. The van der Waals surface area contributed by atoms with Crippen molar-refractivity contribution in [1.82, 2.24) is 9.80 Å². The van der Waals surface area contributed by atoms with E-state index in [1.165, 1.54) is 11.1 Å². The second-order valence-electron chi connectivity index (χ2n) is 11.1. The van der Waals surface area contributed by atoms with E-state index in [0.717, 1.165) is 63.7 Å². The van der Waals surface area contributed by atoms with Gasteiger partial charge in [-0.15, -0.1) is 0 Å². The molecule has 1 spiro atoms. The topological polar surface area (TPSA) is 49.9 Å². The molecule has 6 rings (SSSR count). The smallest absolute Gasteiger partial charge is 0.225 e. The minimum atomic E-state index is -0.863. The number of halogens is 2. The Morgan fingerprint density at radius 1 is 1.05 bits per heavy atom. The average Bonchev–Trinajstić information content (AvgIpc) is 3.15. The highest BCUT2D eigenvalue weighted by molar-refractivity contribution is 7.85. The number of hydrogen-bond acceptors (Lipinski definition) is 4. The molecule has 2 aromatic rings. The monoisotopic (exact) mass is 560 g/mol. The second-order valence-corrected chi connectivity index (χ2v) is 13.7. The van der Waals surface area contributed by atoms with Crippen LogP contribution in [-0.4, -0.2) is 59.2 Å². The minimum Gasteiger partial charge on any atom is -0.367 e. The fraction of sp³-hybridized carbons (Fsp3) is 0.552. The molecule has 3 heterocycles. The normalized spacial score (nSPS) is 27.7. The highest BCUT2D eigenvalue weighted by Gasteiger charge is 2.48. The number of rotatable bonds is 5. The van der Waals surface area contributed by atoms with Crippen molar-refractivity contribution in [1.29, 1.82) is 0 Å². The Kier molecular flexibility index (Phi) is 7.17. The van der Waals surface area contributed by atoms with Crippen LogP contribution in [0.3, 0.4) is 0 Å². The van der Waals surface area contributed by atoms with Crippen molar-refractivity contribution in [2.45, 2.75) is 54.6 Å². The van der Waals surface area contributed by atoms with Crippen LogP contribution in [0, 0.1) is 5.92 Å². The summed E-state index contributed by atoms with van der Waals surface area (Å²) >= 11 is 12.7. The number of benzene rings is 2. The van der Waals surface area contributed by atoms with Gasteiger partial charge in [-0.25, -0.2) is 0 Å². The lowest BCUT2D eigenvalue weighted by molar-refractivity contribution is -0.160. The summed E-state index contributed by atoms with van der Waals surface area (Å²) in [5.41, 5.74) is 2.90. The van der Waals surface area contributed by atoms with E-state index in [0.29, 0.717) is 35.5 Å². The molecule has 3 fully saturated rings. The van der Waals surface area contributed by atoms with Crippen molar-refractivity contribution in [3.8, 4) is 0 Å². The Morgan fingerprint density at radius 3 is 2.57 bits per heavy atom. The van der Waals surface area contributed by atoms with Gasteiger partial charge in [-0.3, -0.25) is 9.00 Å². The Hall–Kier alpha value is -1.44. The minimum absolute atomic E-state index is 0.165. The average molecular weight is 562 g/mol. The number of carbonyl (C=O) groups excluding carboxylic acids is 1. The quantitative estimate of drug-likeness (QED) is 0.485. The number of likely N-dealkylation sites (tertiary alicyclic amines) is 1. The summed E-state index contributed by atoms with van der Waals surface area (Å²) in [7, 11) is -0.863. The standard InChI is InChI=1S/C29H34Cl2N2O3S/c30-25-9-8-23(18-26(25)31)28(20-33(16-17-36-28)27(34)21-5-3-6-21)10-13-32-14-11-29(12-15-32)24-7-2-1-4-22(24)19-37(29)35/h1-2,4,7-9,18,21H,3,5-6,10-17,19-20H2/t28-,37?/m0/s1. The fourth-order valence-electron chi connectivity index (χ4n) is 6.60. The number of nitrogens with zero attached hydrogens (tertiary/aromatic N) is 2. The number of piperidine rings is 1. The summed E-state index contributed by atoms with van der Waals surface area (Å²) < 4.78 is 19.5. The number of amides is 1. The van der Waals surface area contributed by atoms with Crippen LogP contribution in [0.4, 0.5) is 0 Å². The molecule has 37 heavy (non-hydrogen) atoms. The molecule has 1 amide bonds. The van der Waals surface area contributed by atoms with Crippen molar-refractivity contribution in [2.75, 3.05) is 39.3 Å². The molecule has 1 unspecified atom stereocenters. The summed E-state index contributed by atoms with van der Waals surface area (Å²) in [6, 6.07) is 14.2. The molecule has 1 aliphatic carbocycles. The zero-order valence-corrected chi connectivity index (χ0v) is 23.4. The lowest BCUT2D eigenvalue weighted by atomic mass is 9.82. The molecule has 2 aromatic carbocycles. The summed E-state index contributed by atoms with van der Waals surface area (Å²) in [6.45, 7) is 4.34. The molecular weight excluding hydrogens is 527 g/mol. The van der Waals surface area contributed by atoms with Gasteiger partial charge in [0.25, 0.3) is 0 Å². The van der Waals surface area contributed by atoms with Crippen LogP contribution >= 0.6 is 23.2 Å². The third kappa shape index (κ3) is 4.67. The molecular formula is C29H34Cl2N2O3S. The summed E-state index contributed by atoms with van der Waals surface area (Å²) in [6.07, 6.45) is 5.70. The van der Waals surface area contributed by atoms with Crippen molar-refractivity contribution in [2.24, 2.45) is 5.92 Å². The molecule has 0 N–H and O–H groups in total. The van der Waals surface area contributed by atoms with Gasteiger partial charge in [-0.05, 0) is 74.0 Å². The van der Waals surface area contributed by atoms with Gasteiger partial charge in [0.1, 0.15) is 5.60 Å². The number of carbonyl (C=O) groups is 1. The molecule has 0 bridgehead atoms. The predicted molar refractivity (Wildman–Crippen MR) is 148 cm³/mol. The predicted octanol–water partition coefficient (Wildman–Crippen LogP) is 5.49. The Balaban J connectivity index is 1.19. The van der Waals surface area contributed by atoms with E-state index in [4.69, 9.17) is 27.9 Å². The SMILES string of the molecule is O=C(C1CCC1)N1CCO[C@](CCN2CCC3(CC2)c2ccccc2CS3=O)(c2ccc(Cl)c(Cl)c2)C1. The Bertz CT molecular complexity index is 1210. The van der Waals surface area contributed by atoms with Gasteiger partial charge in [0.2, 0.25) is 5.91 Å². The molecule has 3 aliphatic heterocycles. The number of hydrogen-bond donors (Lipinski definition) is 0. The fourth-order valence-corrected chi connectivity index (χ4v) is 8.79. The van der Waals surface area contributed by atoms with E-state index in [2.05, 4.69) is 29.2 Å². The second kappa shape index (κ2) is 10.3. The first-order valence-corrected chi connectivity index (χ1v) is 15.6. The van der Waals surface area contributed by atoms with Gasteiger partial charge < -0.3 is 14.5 Å². The largest absolute Gasteiger partial charge is 0.367 e. The maximum Gasteiger partial charge on any atom is 0.225 e. The zero-order chi connectivity index (χ0) is 25.6. The molecule has 5 nitrogen and oxygen atoms in total. The van der Waals surface area contributed by atoms with Crippen LogP contribution < -0.4 is 0 Å². The van der Waals surface area contributed by atoms with E-state index in [1.54, 1.807) is 0 Å². The first kappa shape index (κ1) is 25.8. The summed E-state index contributed by atoms with van der Waals surface area (Å²) in [5.74, 6) is 1.11. The van der Waals surface area contributed by atoms with Crippen LogP contribution in [0.15, 0.2) is 42.5 Å². The molecule has 4 aliphatic rings. The van der Waals surface area contributed by atoms with Gasteiger partial charge in [0, 0.05) is 35.6 Å². The van der Waals surface area contributed by atoms with Crippen LogP contribution in [-0.2, 0) is 36.4 Å². The maximum absolute atomic E-state index is 13.2. The third-order valence-electron chi connectivity index (χ3n) is 9.12. The third-order valence-corrected chi connectivity index (χ3v) is 11.9. The zero-order valence-electron chi connectivity index (χ0n) is 21.1. The summed E-state index contributed by atoms with van der Waals surface area (Å²) in [5, 5.41) is 1.02. The maximum atomic E-state index is 13.2. The van der Waals surface area contributed by atoms with E-state index in [-0.39, 0.29) is 16.6 Å². The molecule has 2 saturated heterocycles. The number of fused-ring (bicyclic) bond motifs is 2. The van der Waals surface area contributed by atoms with Gasteiger partial charge in [0.15, 0.2) is 0 Å². The highest BCUT2D eigenvalue weighted by atomic mass is 35.5. The van der Waals surface area contributed by atoms with Crippen molar-refractivity contribution in [3.05, 3.63) is 69.2 Å². The molecule has 8 heteroatoms. The van der Waals surface area contributed by atoms with E-state index >= 15 is 0 Å². The number of ether oxygens (including phenoxy) is 1. The van der Waals surface area contributed by atoms with Gasteiger partial charge in [-0.1, -0.05) is 60.0 Å². The van der Waals surface area contributed by atoms with Gasteiger partial charge >= 0.3 is 0 Å². The van der Waals surface area contributed by atoms with Crippen molar-refractivity contribution < 1.29 is 13.7 Å². The first-order valence-electron chi connectivity index (χ1n) is 13.5. The van der Waals surface area contributed by atoms with Crippen molar-refractivity contribution in [3.63, 3.8) is 0 Å². The van der Waals surface area contributed by atoms with E-state index < -0.39 is 16.4 Å². The van der Waals surface area contributed by atoms with Crippen LogP contribution in [0.1, 0.15) is 55.2 Å². The Labute approximate surface area is 231 Å². The van der Waals surface area contributed by atoms with Gasteiger partial charge in [-0.2, -0.15) is 0 Å². The molecule has 198 valence electrons. The number of morpholine rings is 1. The summed E-state index contributed by atoms with van der Waals surface area (Å²) in [4.78, 5) is 17.7. The molecule has 0 aromatic heterocycles. The van der Waals surface area contributed by atoms with Crippen LogP contribution in [0.25, 0.3) is 0 Å². The first-order chi connectivity index (χ1) is 17.9. The van der Waals surface area contributed by atoms with Crippen molar-refractivity contribution >= 4 is 39.9 Å². The van der Waals surface area contributed by atoms with Gasteiger partial charge in [0.05, 0.1) is 27.9 Å². The molecule has 0 radical (unpaired) electrons. The lowest BCUT2D eigenvalue weighted by Gasteiger charge is -2.46. The molecule has 1 saturated carbocycles. The molecule has 2 atom stereocenters.